The van der Waals surface area contributed by atoms with Crippen molar-refractivity contribution in [3.63, 3.8) is 0 Å². The SMILES string of the molecule is Cc1nc(-c2c[nH]c(C(=O)N3CCNC(C)C3C)c2)cs1. The molecule has 112 valence electrons. The van der Waals surface area contributed by atoms with Gasteiger partial charge in [0.15, 0.2) is 0 Å². The number of aryl methyl sites for hydroxylation is 1. The molecule has 1 fully saturated rings. The van der Waals surface area contributed by atoms with Crippen molar-refractivity contribution in [1.29, 1.82) is 0 Å². The molecule has 0 spiro atoms. The van der Waals surface area contributed by atoms with Gasteiger partial charge in [-0.25, -0.2) is 4.98 Å². The Morgan fingerprint density at radius 3 is 3.00 bits per heavy atom. The highest BCUT2D eigenvalue weighted by atomic mass is 32.1. The molecule has 0 saturated carbocycles. The average Bonchev–Trinajstić information content (AvgIpc) is 3.09. The number of nitrogens with zero attached hydrogens (tertiary/aromatic N) is 2. The molecular formula is C15H20N4OS. The molecule has 1 aliphatic heterocycles. The van der Waals surface area contributed by atoms with E-state index < -0.39 is 0 Å². The van der Waals surface area contributed by atoms with E-state index in [4.69, 9.17) is 0 Å². The Bertz CT molecular complexity index is 648. The van der Waals surface area contributed by atoms with E-state index in [-0.39, 0.29) is 11.9 Å². The van der Waals surface area contributed by atoms with Gasteiger partial charge in [0.05, 0.1) is 10.7 Å². The second-order valence-corrected chi connectivity index (χ2v) is 6.60. The number of piperazine rings is 1. The van der Waals surface area contributed by atoms with Gasteiger partial charge >= 0.3 is 0 Å². The first-order chi connectivity index (χ1) is 10.1. The van der Waals surface area contributed by atoms with Gasteiger partial charge in [-0.2, -0.15) is 0 Å². The molecule has 0 bridgehead atoms. The van der Waals surface area contributed by atoms with Crippen LogP contribution in [-0.4, -0.2) is 45.9 Å². The van der Waals surface area contributed by atoms with E-state index in [9.17, 15) is 4.79 Å². The minimum atomic E-state index is 0.0639. The number of carbonyl (C=O) groups is 1. The van der Waals surface area contributed by atoms with E-state index in [0.29, 0.717) is 11.7 Å². The van der Waals surface area contributed by atoms with Gasteiger partial charge in [0.1, 0.15) is 5.69 Å². The average molecular weight is 304 g/mol. The highest BCUT2D eigenvalue weighted by Gasteiger charge is 2.29. The highest BCUT2D eigenvalue weighted by molar-refractivity contribution is 7.09. The van der Waals surface area contributed by atoms with Gasteiger partial charge in [-0.1, -0.05) is 0 Å². The van der Waals surface area contributed by atoms with Crippen LogP contribution in [0.5, 0.6) is 0 Å². The first-order valence-electron chi connectivity index (χ1n) is 7.21. The number of nitrogens with one attached hydrogen (secondary N) is 2. The van der Waals surface area contributed by atoms with E-state index in [1.165, 1.54) is 0 Å². The zero-order valence-electron chi connectivity index (χ0n) is 12.5. The topological polar surface area (TPSA) is 61.0 Å². The van der Waals surface area contributed by atoms with Crippen LogP contribution in [0.25, 0.3) is 11.3 Å². The lowest BCUT2D eigenvalue weighted by molar-refractivity contribution is 0.0597. The second kappa shape index (κ2) is 5.61. The predicted octanol–water partition coefficient (Wildman–Crippen LogP) is 2.27. The van der Waals surface area contributed by atoms with Crippen LogP contribution in [0.1, 0.15) is 29.3 Å². The number of rotatable bonds is 2. The van der Waals surface area contributed by atoms with E-state index in [1.807, 2.05) is 29.5 Å². The normalized spacial score (nSPS) is 22.5. The largest absolute Gasteiger partial charge is 0.357 e. The summed E-state index contributed by atoms with van der Waals surface area (Å²) in [6.45, 7) is 7.77. The van der Waals surface area contributed by atoms with Crippen molar-refractivity contribution < 1.29 is 4.79 Å². The van der Waals surface area contributed by atoms with Crippen molar-refractivity contribution in [2.45, 2.75) is 32.9 Å². The smallest absolute Gasteiger partial charge is 0.270 e. The summed E-state index contributed by atoms with van der Waals surface area (Å²) >= 11 is 1.62. The molecule has 0 aliphatic carbocycles. The summed E-state index contributed by atoms with van der Waals surface area (Å²) in [5.41, 5.74) is 2.53. The molecule has 6 heteroatoms. The third-order valence-corrected chi connectivity index (χ3v) is 4.90. The zero-order valence-corrected chi connectivity index (χ0v) is 13.3. The van der Waals surface area contributed by atoms with Crippen molar-refractivity contribution in [2.75, 3.05) is 13.1 Å². The Hall–Kier alpha value is -1.66. The summed E-state index contributed by atoms with van der Waals surface area (Å²) in [6.07, 6.45) is 1.86. The molecule has 3 rings (SSSR count). The number of amides is 1. The summed E-state index contributed by atoms with van der Waals surface area (Å²) < 4.78 is 0. The number of aromatic nitrogens is 2. The summed E-state index contributed by atoms with van der Waals surface area (Å²) in [6, 6.07) is 2.41. The molecule has 1 aliphatic rings. The van der Waals surface area contributed by atoms with Gasteiger partial charge in [0.25, 0.3) is 5.91 Å². The van der Waals surface area contributed by atoms with Gasteiger partial charge in [-0.3, -0.25) is 4.79 Å². The zero-order chi connectivity index (χ0) is 15.0. The summed E-state index contributed by atoms with van der Waals surface area (Å²) in [7, 11) is 0. The minimum Gasteiger partial charge on any atom is -0.357 e. The van der Waals surface area contributed by atoms with Gasteiger partial charge in [-0.05, 0) is 26.8 Å². The minimum absolute atomic E-state index is 0.0639. The maximum atomic E-state index is 12.7. The fourth-order valence-corrected chi connectivity index (χ4v) is 3.28. The van der Waals surface area contributed by atoms with Crippen LogP contribution in [-0.2, 0) is 0 Å². The number of carbonyl (C=O) groups excluding carboxylic acids is 1. The van der Waals surface area contributed by atoms with Crippen molar-refractivity contribution in [3.8, 4) is 11.3 Å². The number of hydrogen-bond acceptors (Lipinski definition) is 4. The highest BCUT2D eigenvalue weighted by Crippen LogP contribution is 2.23. The lowest BCUT2D eigenvalue weighted by Crippen LogP contribution is -2.57. The lowest BCUT2D eigenvalue weighted by atomic mass is 10.1. The Kier molecular flexibility index (Phi) is 3.82. The van der Waals surface area contributed by atoms with Crippen LogP contribution >= 0.6 is 11.3 Å². The summed E-state index contributed by atoms with van der Waals surface area (Å²) in [5, 5.41) is 6.44. The Balaban J connectivity index is 1.81. The molecule has 21 heavy (non-hydrogen) atoms. The Labute approximate surface area is 128 Å². The number of aromatic amines is 1. The maximum Gasteiger partial charge on any atom is 0.270 e. The van der Waals surface area contributed by atoms with Gasteiger partial charge in [0, 0.05) is 42.3 Å². The third-order valence-electron chi connectivity index (χ3n) is 4.12. The van der Waals surface area contributed by atoms with Crippen LogP contribution in [0.4, 0.5) is 0 Å². The van der Waals surface area contributed by atoms with Gasteiger partial charge < -0.3 is 15.2 Å². The van der Waals surface area contributed by atoms with Gasteiger partial charge in [0.2, 0.25) is 0 Å². The summed E-state index contributed by atoms with van der Waals surface area (Å²) in [5.74, 6) is 0.0639. The fourth-order valence-electron chi connectivity index (χ4n) is 2.66. The maximum absolute atomic E-state index is 12.7. The molecular weight excluding hydrogens is 284 g/mol. The summed E-state index contributed by atoms with van der Waals surface area (Å²) in [4.78, 5) is 22.1. The van der Waals surface area contributed by atoms with Crippen molar-refractivity contribution in [1.82, 2.24) is 20.2 Å². The Morgan fingerprint density at radius 1 is 1.48 bits per heavy atom. The second-order valence-electron chi connectivity index (χ2n) is 5.54. The van der Waals surface area contributed by atoms with E-state index in [1.54, 1.807) is 11.3 Å². The molecule has 2 N–H and O–H groups in total. The molecule has 2 aromatic rings. The first kappa shape index (κ1) is 14.3. The van der Waals surface area contributed by atoms with Crippen LogP contribution in [0.3, 0.4) is 0 Å². The molecule has 3 heterocycles. The molecule has 2 aromatic heterocycles. The van der Waals surface area contributed by atoms with Crippen LogP contribution in [0.2, 0.25) is 0 Å². The van der Waals surface area contributed by atoms with Crippen LogP contribution in [0.15, 0.2) is 17.6 Å². The molecule has 2 atom stereocenters. The molecule has 1 saturated heterocycles. The number of hydrogen-bond donors (Lipinski definition) is 2. The van der Waals surface area contributed by atoms with E-state index >= 15 is 0 Å². The van der Waals surface area contributed by atoms with Crippen molar-refractivity contribution in [2.24, 2.45) is 0 Å². The number of thiazole rings is 1. The van der Waals surface area contributed by atoms with Crippen molar-refractivity contribution >= 4 is 17.2 Å². The quantitative estimate of drug-likeness (QED) is 0.895. The molecule has 1 amide bonds. The number of H-pyrrole nitrogens is 1. The molecule has 0 radical (unpaired) electrons. The van der Waals surface area contributed by atoms with Gasteiger partial charge in [-0.15, -0.1) is 11.3 Å². The first-order valence-corrected chi connectivity index (χ1v) is 8.09. The van der Waals surface area contributed by atoms with Crippen molar-refractivity contribution in [3.05, 3.63) is 28.3 Å². The van der Waals surface area contributed by atoms with Crippen LogP contribution < -0.4 is 5.32 Å². The molecule has 2 unspecified atom stereocenters. The monoisotopic (exact) mass is 304 g/mol. The Morgan fingerprint density at radius 2 is 2.29 bits per heavy atom. The third kappa shape index (κ3) is 2.73. The molecule has 0 aromatic carbocycles. The predicted molar refractivity (Wildman–Crippen MR) is 84.6 cm³/mol. The molecule has 5 nitrogen and oxygen atoms in total. The standard InChI is InChI=1S/C15H20N4OS/c1-9-10(2)19(5-4-16-9)15(20)13-6-12(7-17-13)14-8-21-11(3)18-14/h6-10,16-17H,4-5H2,1-3H3. The van der Waals surface area contributed by atoms with Crippen LogP contribution in [0, 0.1) is 6.92 Å². The lowest BCUT2D eigenvalue weighted by Gasteiger charge is -2.38. The fraction of sp³-hybridized carbons (Fsp3) is 0.467. The van der Waals surface area contributed by atoms with E-state index in [0.717, 1.165) is 29.4 Å². The van der Waals surface area contributed by atoms with E-state index in [2.05, 4.69) is 29.1 Å².